The summed E-state index contributed by atoms with van der Waals surface area (Å²) in [5.41, 5.74) is 0. The molecule has 0 aliphatic rings. The van der Waals surface area contributed by atoms with Crippen LogP contribution in [0.2, 0.25) is 0 Å². The van der Waals surface area contributed by atoms with Crippen molar-refractivity contribution in [3.8, 4) is 0 Å². The number of nitrogens with zero attached hydrogens (tertiary/aromatic N) is 1. The first kappa shape index (κ1) is 10.4. The zero-order chi connectivity index (χ0) is 7.82. The van der Waals surface area contributed by atoms with Crippen LogP contribution in [0.25, 0.3) is 0 Å². The maximum Gasteiger partial charge on any atom is 0.00160 e. The monoisotopic (exact) mass is 161 g/mol. The van der Waals surface area contributed by atoms with Gasteiger partial charge in [-0.25, -0.2) is 0 Å². The van der Waals surface area contributed by atoms with E-state index in [1.165, 1.54) is 32.1 Å². The van der Waals surface area contributed by atoms with Gasteiger partial charge in [0.25, 0.3) is 0 Å². The van der Waals surface area contributed by atoms with Crippen LogP contribution < -0.4 is 0 Å². The van der Waals surface area contributed by atoms with E-state index in [0.29, 0.717) is 0 Å². The van der Waals surface area contributed by atoms with Crippen LogP contribution in [0.3, 0.4) is 0 Å². The van der Waals surface area contributed by atoms with Crippen molar-refractivity contribution >= 4 is 8.73 Å². The Morgan fingerprint density at radius 1 is 1.00 bits per heavy atom. The van der Waals surface area contributed by atoms with Gasteiger partial charge in [0, 0.05) is 13.1 Å². The zero-order valence-corrected chi connectivity index (χ0v) is 8.48. The molecule has 0 aromatic heterocycles. The highest BCUT2D eigenvalue weighted by Gasteiger charge is 1.98. The Bertz CT molecular complexity index is 52.0. The first-order valence-electron chi connectivity index (χ1n) is 4.33. The average molecular weight is 161 g/mol. The van der Waals surface area contributed by atoms with Crippen LogP contribution in [0.5, 0.6) is 0 Å². The summed E-state index contributed by atoms with van der Waals surface area (Å²) in [4.78, 5) is 0. The molecule has 0 amide bonds. The zero-order valence-electron chi connectivity index (χ0n) is 7.48. The fourth-order valence-corrected chi connectivity index (χ4v) is 2.24. The van der Waals surface area contributed by atoms with E-state index < -0.39 is 0 Å². The van der Waals surface area contributed by atoms with Crippen LogP contribution in [-0.2, 0) is 0 Å². The molecular weight excluding hydrogens is 141 g/mol. The number of rotatable bonds is 6. The normalized spacial score (nSPS) is 12.0. The summed E-state index contributed by atoms with van der Waals surface area (Å²) in [6.45, 7) is 9.35. The maximum absolute atomic E-state index is 2.57. The van der Waals surface area contributed by atoms with Crippen LogP contribution in [-0.4, -0.2) is 23.9 Å². The highest BCUT2D eigenvalue weighted by molar-refractivity contribution is 7.35. The van der Waals surface area contributed by atoms with Gasteiger partial charge in [0.2, 0.25) is 0 Å². The molecule has 2 heteroatoms. The molecule has 0 aromatic carbocycles. The molecule has 0 aliphatic carbocycles. The van der Waals surface area contributed by atoms with E-state index in [0.717, 1.165) is 8.73 Å². The van der Waals surface area contributed by atoms with Gasteiger partial charge >= 0.3 is 0 Å². The third-order valence-electron chi connectivity index (χ3n) is 1.37. The minimum Gasteiger partial charge on any atom is -0.285 e. The summed E-state index contributed by atoms with van der Waals surface area (Å²) < 4.78 is 2.57. The van der Waals surface area contributed by atoms with Gasteiger partial charge < -0.3 is 0 Å². The van der Waals surface area contributed by atoms with E-state index in [2.05, 4.69) is 25.4 Å². The van der Waals surface area contributed by atoms with Gasteiger partial charge in [0.15, 0.2) is 0 Å². The molecule has 10 heavy (non-hydrogen) atoms. The molecule has 1 nitrogen and oxygen atoms in total. The van der Waals surface area contributed by atoms with E-state index in [-0.39, 0.29) is 0 Å². The van der Waals surface area contributed by atoms with E-state index in [1.54, 1.807) is 0 Å². The average Bonchev–Trinajstić information content (AvgIpc) is 1.90. The summed E-state index contributed by atoms with van der Waals surface area (Å²) in [6.07, 6.45) is 3.92. The van der Waals surface area contributed by atoms with Crippen LogP contribution in [0.1, 0.15) is 33.6 Å². The molecule has 0 spiro atoms. The lowest BCUT2D eigenvalue weighted by molar-refractivity contribution is 0.460. The second kappa shape index (κ2) is 7.50. The summed E-state index contributed by atoms with van der Waals surface area (Å²) in [5.74, 6) is 0. The Morgan fingerprint density at radius 3 is 1.80 bits per heavy atom. The Balaban J connectivity index is 3.30. The molecule has 0 heterocycles. The number of hydrogen-bond donors (Lipinski definition) is 0. The van der Waals surface area contributed by atoms with Crippen molar-refractivity contribution in [3.05, 3.63) is 0 Å². The molecule has 0 fully saturated rings. The third-order valence-corrected chi connectivity index (χ3v) is 2.58. The second-order valence-electron chi connectivity index (χ2n) is 2.50. The first-order valence-corrected chi connectivity index (χ1v) is 5.49. The van der Waals surface area contributed by atoms with Crippen molar-refractivity contribution in [2.75, 3.05) is 19.3 Å². The molecule has 62 valence electrons. The predicted molar refractivity (Wildman–Crippen MR) is 51.0 cm³/mol. The maximum atomic E-state index is 2.57. The lowest BCUT2D eigenvalue weighted by Gasteiger charge is -2.19. The largest absolute Gasteiger partial charge is 0.285 e. The lowest BCUT2D eigenvalue weighted by Crippen LogP contribution is -2.15. The SMILES string of the molecule is CCCN(CCC)PCC. The molecule has 1 atom stereocenters. The molecule has 1 unspecified atom stereocenters. The predicted octanol–water partition coefficient (Wildman–Crippen LogP) is 2.72. The number of hydrogen-bond acceptors (Lipinski definition) is 1. The molecule has 0 rings (SSSR count). The molecule has 0 aliphatic heterocycles. The molecule has 0 aromatic rings. The van der Waals surface area contributed by atoms with Crippen LogP contribution in [0, 0.1) is 0 Å². The summed E-state index contributed by atoms with van der Waals surface area (Å²) in [6, 6.07) is 0. The molecule has 0 saturated heterocycles. The minimum absolute atomic E-state index is 1.05. The molecule has 0 saturated carbocycles. The third kappa shape index (κ3) is 5.20. The van der Waals surface area contributed by atoms with E-state index >= 15 is 0 Å². The minimum atomic E-state index is 1.05. The Morgan fingerprint density at radius 2 is 1.50 bits per heavy atom. The molecule has 0 N–H and O–H groups in total. The van der Waals surface area contributed by atoms with E-state index in [9.17, 15) is 0 Å². The van der Waals surface area contributed by atoms with Crippen LogP contribution in [0.15, 0.2) is 0 Å². The van der Waals surface area contributed by atoms with Crippen LogP contribution >= 0.6 is 8.73 Å². The van der Waals surface area contributed by atoms with E-state index in [1.807, 2.05) is 0 Å². The smallest absolute Gasteiger partial charge is 0.00160 e. The fraction of sp³-hybridized carbons (Fsp3) is 1.00. The standard InChI is InChI=1S/C8H20NP/c1-4-7-9(8-5-2)10-6-3/h10H,4-8H2,1-3H3. The van der Waals surface area contributed by atoms with Crippen molar-refractivity contribution < 1.29 is 0 Å². The van der Waals surface area contributed by atoms with Gasteiger partial charge in [-0.1, -0.05) is 29.5 Å². The Kier molecular flexibility index (Phi) is 7.79. The van der Waals surface area contributed by atoms with Crippen molar-refractivity contribution in [1.82, 2.24) is 4.67 Å². The van der Waals surface area contributed by atoms with Gasteiger partial charge in [-0.05, 0) is 19.0 Å². The highest BCUT2D eigenvalue weighted by Crippen LogP contribution is 2.17. The highest BCUT2D eigenvalue weighted by atomic mass is 31.1. The van der Waals surface area contributed by atoms with Gasteiger partial charge in [0.1, 0.15) is 0 Å². The molecular formula is C8H20NP. The fourth-order valence-electron chi connectivity index (χ4n) is 1.03. The van der Waals surface area contributed by atoms with Gasteiger partial charge in [-0.15, -0.1) is 0 Å². The second-order valence-corrected chi connectivity index (χ2v) is 4.15. The van der Waals surface area contributed by atoms with E-state index in [4.69, 9.17) is 0 Å². The van der Waals surface area contributed by atoms with Gasteiger partial charge in [-0.2, -0.15) is 0 Å². The topological polar surface area (TPSA) is 3.24 Å². The Hall–Kier alpha value is 0.390. The lowest BCUT2D eigenvalue weighted by atomic mass is 10.4. The quantitative estimate of drug-likeness (QED) is 0.541. The summed E-state index contributed by atoms with van der Waals surface area (Å²) in [7, 11) is 1.05. The molecule has 0 radical (unpaired) electrons. The van der Waals surface area contributed by atoms with Crippen molar-refractivity contribution in [2.24, 2.45) is 0 Å². The first-order chi connectivity index (χ1) is 4.85. The van der Waals surface area contributed by atoms with Crippen LogP contribution in [0.4, 0.5) is 0 Å². The summed E-state index contributed by atoms with van der Waals surface area (Å²) >= 11 is 0. The van der Waals surface area contributed by atoms with Crippen molar-refractivity contribution in [3.63, 3.8) is 0 Å². The molecule has 0 bridgehead atoms. The van der Waals surface area contributed by atoms with Gasteiger partial charge in [0.05, 0.1) is 0 Å². The van der Waals surface area contributed by atoms with Crippen molar-refractivity contribution in [1.29, 1.82) is 0 Å². The van der Waals surface area contributed by atoms with Crippen molar-refractivity contribution in [2.45, 2.75) is 33.6 Å². The summed E-state index contributed by atoms with van der Waals surface area (Å²) in [5, 5.41) is 0. The Labute approximate surface area is 67.0 Å². The van der Waals surface area contributed by atoms with Gasteiger partial charge in [-0.3, -0.25) is 4.67 Å².